The monoisotopic (exact) mass is 374 g/mol. The van der Waals surface area contributed by atoms with E-state index in [0.717, 1.165) is 28.5 Å². The molecule has 0 radical (unpaired) electrons. The van der Waals surface area contributed by atoms with Crippen LogP contribution >= 0.6 is 0 Å². The van der Waals surface area contributed by atoms with Crippen LogP contribution in [0, 0.1) is 0 Å². The van der Waals surface area contributed by atoms with Gasteiger partial charge in [0.15, 0.2) is 5.65 Å². The summed E-state index contributed by atoms with van der Waals surface area (Å²) in [7, 11) is 3.31. The van der Waals surface area contributed by atoms with Crippen molar-refractivity contribution >= 4 is 17.1 Å². The molecule has 4 aromatic rings. The minimum atomic E-state index is 0.604. The van der Waals surface area contributed by atoms with Gasteiger partial charge in [-0.2, -0.15) is 4.98 Å². The molecule has 2 aromatic heterocycles. The minimum Gasteiger partial charge on any atom is -0.497 e. The Bertz CT molecular complexity index is 1080. The molecule has 142 valence electrons. The molecule has 2 aromatic carbocycles. The number of rotatable bonds is 7. The third-order valence-electron chi connectivity index (χ3n) is 4.64. The predicted octanol–water partition coefficient (Wildman–Crippen LogP) is 4.11. The highest BCUT2D eigenvalue weighted by Gasteiger charge is 2.14. The summed E-state index contributed by atoms with van der Waals surface area (Å²) in [6.07, 6.45) is 1.76. The second-order valence-corrected chi connectivity index (χ2v) is 6.38. The van der Waals surface area contributed by atoms with Gasteiger partial charge in [-0.3, -0.25) is 0 Å². The predicted molar refractivity (Wildman–Crippen MR) is 110 cm³/mol. The molecule has 0 aliphatic rings. The topological polar surface area (TPSA) is 61.2 Å². The first-order valence-corrected chi connectivity index (χ1v) is 9.08. The van der Waals surface area contributed by atoms with Crippen molar-refractivity contribution in [2.24, 2.45) is 0 Å². The zero-order valence-corrected chi connectivity index (χ0v) is 15.9. The normalized spacial score (nSPS) is 10.8. The number of pyridine rings is 1. The lowest BCUT2D eigenvalue weighted by molar-refractivity contribution is 0.390. The Morgan fingerprint density at radius 1 is 0.964 bits per heavy atom. The SMILES string of the molecule is COc1ccc(Cn2c(NCc3ccccc3)nc3ncccc32)c(OC)c1. The smallest absolute Gasteiger partial charge is 0.206 e. The van der Waals surface area contributed by atoms with Crippen LogP contribution in [0.1, 0.15) is 11.1 Å². The first-order valence-electron chi connectivity index (χ1n) is 9.08. The molecule has 6 nitrogen and oxygen atoms in total. The van der Waals surface area contributed by atoms with Gasteiger partial charge in [-0.05, 0) is 29.8 Å². The van der Waals surface area contributed by atoms with Gasteiger partial charge >= 0.3 is 0 Å². The second-order valence-electron chi connectivity index (χ2n) is 6.38. The van der Waals surface area contributed by atoms with Gasteiger partial charge < -0.3 is 19.4 Å². The Morgan fingerprint density at radius 2 is 1.82 bits per heavy atom. The number of ether oxygens (including phenoxy) is 2. The van der Waals surface area contributed by atoms with Gasteiger partial charge in [-0.25, -0.2) is 4.98 Å². The molecule has 6 heteroatoms. The number of anilines is 1. The maximum absolute atomic E-state index is 5.57. The Labute approximate surface area is 163 Å². The molecule has 0 saturated carbocycles. The molecular formula is C22H22N4O2. The second kappa shape index (κ2) is 8.00. The molecular weight excluding hydrogens is 352 g/mol. The Kier molecular flexibility index (Phi) is 5.10. The number of hydrogen-bond donors (Lipinski definition) is 1. The molecule has 0 spiro atoms. The summed E-state index contributed by atoms with van der Waals surface area (Å²) in [6.45, 7) is 1.29. The molecule has 0 aliphatic carbocycles. The van der Waals surface area contributed by atoms with Crippen LogP contribution in [-0.4, -0.2) is 28.8 Å². The fourth-order valence-corrected chi connectivity index (χ4v) is 3.18. The van der Waals surface area contributed by atoms with Gasteiger partial charge in [-0.1, -0.05) is 30.3 Å². The van der Waals surface area contributed by atoms with E-state index in [2.05, 4.69) is 32.0 Å². The summed E-state index contributed by atoms with van der Waals surface area (Å²) >= 11 is 0. The van der Waals surface area contributed by atoms with Crippen molar-refractivity contribution < 1.29 is 9.47 Å². The molecule has 28 heavy (non-hydrogen) atoms. The number of benzene rings is 2. The average molecular weight is 374 g/mol. The number of hydrogen-bond acceptors (Lipinski definition) is 5. The highest BCUT2D eigenvalue weighted by molar-refractivity contribution is 5.74. The van der Waals surface area contributed by atoms with Crippen molar-refractivity contribution in [2.75, 3.05) is 19.5 Å². The minimum absolute atomic E-state index is 0.604. The highest BCUT2D eigenvalue weighted by Crippen LogP contribution is 2.28. The van der Waals surface area contributed by atoms with E-state index in [1.54, 1.807) is 20.4 Å². The summed E-state index contributed by atoms with van der Waals surface area (Å²) in [6, 6.07) is 20.0. The van der Waals surface area contributed by atoms with Crippen LogP contribution in [0.3, 0.4) is 0 Å². The number of nitrogens with zero attached hydrogens (tertiary/aromatic N) is 3. The lowest BCUT2D eigenvalue weighted by Gasteiger charge is -2.14. The fraction of sp³-hybridized carbons (Fsp3) is 0.182. The molecule has 0 fully saturated rings. The standard InChI is InChI=1S/C22H22N4O2/c1-27-18-11-10-17(20(13-18)28-2)15-26-19-9-6-12-23-21(19)25-22(26)24-14-16-7-4-3-5-8-16/h3-13H,14-15H2,1-2H3,(H,23,24,25). The van der Waals surface area contributed by atoms with Crippen LogP contribution in [0.2, 0.25) is 0 Å². The molecule has 0 amide bonds. The molecule has 2 heterocycles. The van der Waals surface area contributed by atoms with Gasteiger partial charge in [0.2, 0.25) is 5.95 Å². The van der Waals surface area contributed by atoms with Crippen molar-refractivity contribution in [2.45, 2.75) is 13.1 Å². The number of aromatic nitrogens is 3. The lowest BCUT2D eigenvalue weighted by atomic mass is 10.2. The first kappa shape index (κ1) is 17.9. The van der Waals surface area contributed by atoms with Crippen LogP contribution in [0.25, 0.3) is 11.2 Å². The van der Waals surface area contributed by atoms with Gasteiger partial charge in [0.25, 0.3) is 0 Å². The number of imidazole rings is 1. The van der Waals surface area contributed by atoms with Crippen molar-refractivity contribution in [1.29, 1.82) is 0 Å². The third kappa shape index (κ3) is 3.62. The molecule has 4 rings (SSSR count). The van der Waals surface area contributed by atoms with E-state index in [0.29, 0.717) is 18.7 Å². The quantitative estimate of drug-likeness (QED) is 0.527. The van der Waals surface area contributed by atoms with Crippen molar-refractivity contribution in [3.63, 3.8) is 0 Å². The van der Waals surface area contributed by atoms with E-state index >= 15 is 0 Å². The van der Waals surface area contributed by atoms with E-state index in [9.17, 15) is 0 Å². The van der Waals surface area contributed by atoms with Crippen molar-refractivity contribution in [1.82, 2.24) is 14.5 Å². The molecule has 0 aliphatic heterocycles. The zero-order valence-electron chi connectivity index (χ0n) is 15.9. The van der Waals surface area contributed by atoms with Gasteiger partial charge in [0, 0.05) is 24.4 Å². The van der Waals surface area contributed by atoms with E-state index in [4.69, 9.17) is 9.47 Å². The van der Waals surface area contributed by atoms with E-state index in [1.807, 2.05) is 48.5 Å². The van der Waals surface area contributed by atoms with E-state index < -0.39 is 0 Å². The van der Waals surface area contributed by atoms with E-state index in [-0.39, 0.29) is 0 Å². The summed E-state index contributed by atoms with van der Waals surface area (Å²) < 4.78 is 13.0. The summed E-state index contributed by atoms with van der Waals surface area (Å²) in [5.41, 5.74) is 3.91. The Morgan fingerprint density at radius 3 is 2.61 bits per heavy atom. The van der Waals surface area contributed by atoms with Crippen molar-refractivity contribution in [3.8, 4) is 11.5 Å². The van der Waals surface area contributed by atoms with Crippen LogP contribution in [0.15, 0.2) is 66.9 Å². The number of fused-ring (bicyclic) bond motifs is 1. The van der Waals surface area contributed by atoms with Crippen LogP contribution < -0.4 is 14.8 Å². The fourth-order valence-electron chi connectivity index (χ4n) is 3.18. The average Bonchev–Trinajstić information content (AvgIpc) is 3.10. The Hall–Kier alpha value is -3.54. The maximum Gasteiger partial charge on any atom is 0.206 e. The molecule has 0 atom stereocenters. The van der Waals surface area contributed by atoms with Crippen molar-refractivity contribution in [3.05, 3.63) is 78.0 Å². The third-order valence-corrected chi connectivity index (χ3v) is 4.64. The summed E-state index contributed by atoms with van der Waals surface area (Å²) in [4.78, 5) is 9.09. The number of methoxy groups -OCH3 is 2. The highest BCUT2D eigenvalue weighted by atomic mass is 16.5. The molecule has 0 unspecified atom stereocenters. The van der Waals surface area contributed by atoms with Crippen LogP contribution in [0.5, 0.6) is 11.5 Å². The molecule has 0 saturated heterocycles. The van der Waals surface area contributed by atoms with Gasteiger partial charge in [0.1, 0.15) is 11.5 Å². The van der Waals surface area contributed by atoms with Gasteiger partial charge in [-0.15, -0.1) is 0 Å². The van der Waals surface area contributed by atoms with Crippen LogP contribution in [-0.2, 0) is 13.1 Å². The first-order chi connectivity index (χ1) is 13.8. The maximum atomic E-state index is 5.57. The largest absolute Gasteiger partial charge is 0.497 e. The van der Waals surface area contributed by atoms with Crippen LogP contribution in [0.4, 0.5) is 5.95 Å². The lowest BCUT2D eigenvalue weighted by Crippen LogP contribution is -2.09. The molecule has 0 bridgehead atoms. The molecule has 1 N–H and O–H groups in total. The number of nitrogens with one attached hydrogen (secondary N) is 1. The van der Waals surface area contributed by atoms with E-state index in [1.165, 1.54) is 5.56 Å². The Balaban J connectivity index is 1.69. The summed E-state index contributed by atoms with van der Waals surface area (Å²) in [5.74, 6) is 2.31. The zero-order chi connectivity index (χ0) is 19.3. The van der Waals surface area contributed by atoms with Gasteiger partial charge in [0.05, 0.1) is 26.3 Å². The summed E-state index contributed by atoms with van der Waals surface area (Å²) in [5, 5.41) is 3.45.